The predicted molar refractivity (Wildman–Crippen MR) is 300 cm³/mol. The highest BCUT2D eigenvalue weighted by Gasteiger charge is 2.33. The van der Waals surface area contributed by atoms with Crippen molar-refractivity contribution in [1.82, 2.24) is 10.6 Å². The van der Waals surface area contributed by atoms with Gasteiger partial charge in [-0.3, -0.25) is 0 Å². The third kappa shape index (κ3) is 9.01. The maximum Gasteiger partial charge on any atom is 0.159 e. The van der Waals surface area contributed by atoms with Crippen molar-refractivity contribution >= 4 is 34.1 Å². The van der Waals surface area contributed by atoms with Crippen molar-refractivity contribution < 1.29 is 0 Å². The Morgan fingerprint density at radius 3 is 1.25 bits per heavy atom. The van der Waals surface area contributed by atoms with Gasteiger partial charge in [-0.05, 0) is 84.0 Å². The molecule has 0 amide bonds. The highest BCUT2D eigenvalue weighted by molar-refractivity contribution is 6.24. The van der Waals surface area contributed by atoms with E-state index < -0.39 is 0 Å². The van der Waals surface area contributed by atoms with Crippen molar-refractivity contribution in [2.45, 2.75) is 12.2 Å². The summed E-state index contributed by atoms with van der Waals surface area (Å²) in [6, 6.07) is 99.2. The van der Waals surface area contributed by atoms with Gasteiger partial charge in [0.2, 0.25) is 0 Å². The number of amidine groups is 2. The molecule has 12 rings (SSSR count). The molecule has 2 unspecified atom stereocenters. The van der Waals surface area contributed by atoms with E-state index in [2.05, 4.69) is 278 Å². The molecule has 0 aliphatic carbocycles. The Bertz CT molecular complexity index is 3600. The van der Waals surface area contributed by atoms with Crippen molar-refractivity contribution in [2.75, 3.05) is 0 Å². The summed E-state index contributed by atoms with van der Waals surface area (Å²) in [5.41, 5.74) is 20.4. The number of nitrogens with one attached hydrogen (secondary N) is 2. The lowest BCUT2D eigenvalue weighted by atomic mass is 9.77. The van der Waals surface area contributed by atoms with Crippen LogP contribution in [0.3, 0.4) is 0 Å². The summed E-state index contributed by atoms with van der Waals surface area (Å²) in [4.78, 5) is 10.5. The van der Waals surface area contributed by atoms with Gasteiger partial charge in [-0.25, -0.2) is 9.98 Å². The van der Waals surface area contributed by atoms with Crippen molar-refractivity contribution in [3.63, 3.8) is 0 Å². The highest BCUT2D eigenvalue weighted by atomic mass is 15.2. The average Bonchev–Trinajstić information content (AvgIpc) is 3.48. The standard InChI is InChI=1S/C68H50N4/c1-7-20-47(21-8-1)49-36-42-57(43-37-49)66-70-67(58-44-38-50(39-45-58)48-22-9-2-10-23-48)72-68(71-66)60-33-19-32-59(46-60)51-34-40-54(41-35-51)61-62(52-24-11-3-12-25-52)64(55-28-15-5-16-29-55)69-65(56-30-17-6-18-31-56)63(61)53-26-13-4-14-27-53/h1-46,64,66,69H,(H,70,71,72). The Morgan fingerprint density at radius 2 is 0.681 bits per heavy atom. The maximum absolute atomic E-state index is 5.25. The molecule has 0 spiro atoms. The van der Waals surface area contributed by atoms with E-state index in [4.69, 9.17) is 9.98 Å². The molecule has 0 bridgehead atoms. The minimum atomic E-state index is -0.349. The molecule has 2 atom stereocenters. The number of aliphatic imine (C=N–C) groups is 2. The molecule has 2 aliphatic heterocycles. The minimum absolute atomic E-state index is 0.118. The topological polar surface area (TPSA) is 48.8 Å². The van der Waals surface area contributed by atoms with E-state index in [0.29, 0.717) is 5.84 Å². The normalized spacial score (nSPS) is 15.5. The van der Waals surface area contributed by atoms with Crippen LogP contribution in [0.15, 0.2) is 289 Å². The number of hydrogen-bond acceptors (Lipinski definition) is 4. The van der Waals surface area contributed by atoms with Crippen molar-refractivity contribution in [3.05, 3.63) is 324 Å². The van der Waals surface area contributed by atoms with Crippen molar-refractivity contribution in [1.29, 1.82) is 0 Å². The van der Waals surface area contributed by atoms with Gasteiger partial charge in [0.05, 0.1) is 11.7 Å². The van der Waals surface area contributed by atoms with Crippen LogP contribution in [0.5, 0.6) is 0 Å². The molecule has 342 valence electrons. The Kier molecular flexibility index (Phi) is 12.1. The Labute approximate surface area is 421 Å². The van der Waals surface area contributed by atoms with Crippen LogP contribution in [-0.4, -0.2) is 11.7 Å². The zero-order valence-electron chi connectivity index (χ0n) is 39.6. The van der Waals surface area contributed by atoms with Crippen LogP contribution in [0.4, 0.5) is 0 Å². The van der Waals surface area contributed by atoms with Gasteiger partial charge in [0.15, 0.2) is 5.84 Å². The van der Waals surface area contributed by atoms with Crippen LogP contribution in [0.1, 0.15) is 56.7 Å². The first-order chi connectivity index (χ1) is 35.7. The monoisotopic (exact) mass is 922 g/mol. The third-order valence-electron chi connectivity index (χ3n) is 13.7. The van der Waals surface area contributed by atoms with Gasteiger partial charge in [0.1, 0.15) is 12.0 Å². The largest absolute Gasteiger partial charge is 0.373 e. The van der Waals surface area contributed by atoms with Gasteiger partial charge in [-0.2, -0.15) is 0 Å². The molecular weight excluding hydrogens is 873 g/mol. The molecule has 4 heteroatoms. The summed E-state index contributed by atoms with van der Waals surface area (Å²) in [5.74, 6) is 1.46. The van der Waals surface area contributed by atoms with Crippen LogP contribution in [0.2, 0.25) is 0 Å². The molecule has 10 aromatic rings. The quantitative estimate of drug-likeness (QED) is 0.136. The van der Waals surface area contributed by atoms with Gasteiger partial charge in [0, 0.05) is 16.7 Å². The molecule has 2 heterocycles. The smallest absolute Gasteiger partial charge is 0.159 e. The summed E-state index contributed by atoms with van der Waals surface area (Å²) < 4.78 is 0. The third-order valence-corrected chi connectivity index (χ3v) is 13.7. The summed E-state index contributed by atoms with van der Waals surface area (Å²) in [6.45, 7) is 0. The number of allylic oxidation sites excluding steroid dienone is 2. The predicted octanol–water partition coefficient (Wildman–Crippen LogP) is 16.0. The molecule has 0 aromatic heterocycles. The van der Waals surface area contributed by atoms with Crippen LogP contribution in [0, 0.1) is 0 Å². The molecule has 0 saturated carbocycles. The lowest BCUT2D eigenvalue weighted by molar-refractivity contribution is 0.674. The SMILES string of the molecule is c1ccc(C2=C(c3ccccc3)C(c3ccc(-c4cccc(C5=NC(c6ccc(-c7ccccc7)cc6)=NC(c6ccc(-c7ccccc7)cc6)N5)c4)cc3)=C(c3ccccc3)C(c3ccccc3)N2)cc1. The fourth-order valence-electron chi connectivity index (χ4n) is 10.0. The van der Waals surface area contributed by atoms with Gasteiger partial charge in [-0.15, -0.1) is 0 Å². The van der Waals surface area contributed by atoms with Crippen LogP contribution in [0.25, 0.3) is 55.8 Å². The second-order valence-corrected chi connectivity index (χ2v) is 18.2. The fourth-order valence-corrected chi connectivity index (χ4v) is 10.0. The van der Waals surface area contributed by atoms with Crippen molar-refractivity contribution in [3.8, 4) is 33.4 Å². The van der Waals surface area contributed by atoms with E-state index in [1.165, 1.54) is 39.0 Å². The highest BCUT2D eigenvalue weighted by Crippen LogP contribution is 2.50. The first-order valence-corrected chi connectivity index (χ1v) is 24.6. The van der Waals surface area contributed by atoms with Crippen LogP contribution in [-0.2, 0) is 0 Å². The lowest BCUT2D eigenvalue weighted by Gasteiger charge is -2.36. The number of nitrogens with zero attached hydrogens (tertiary/aromatic N) is 2. The van der Waals surface area contributed by atoms with Gasteiger partial charge >= 0.3 is 0 Å². The van der Waals surface area contributed by atoms with Crippen LogP contribution >= 0.6 is 0 Å². The number of benzene rings is 10. The van der Waals surface area contributed by atoms with E-state index in [1.54, 1.807) is 0 Å². The van der Waals surface area contributed by atoms with Crippen molar-refractivity contribution in [2.24, 2.45) is 9.98 Å². The van der Waals surface area contributed by atoms with Gasteiger partial charge in [-0.1, -0.05) is 273 Å². The summed E-state index contributed by atoms with van der Waals surface area (Å²) in [6.07, 6.45) is -0.349. The number of hydrogen-bond donors (Lipinski definition) is 2. The Hall–Kier alpha value is -9.38. The minimum Gasteiger partial charge on any atom is -0.373 e. The molecule has 4 nitrogen and oxygen atoms in total. The van der Waals surface area contributed by atoms with Crippen LogP contribution < -0.4 is 10.6 Å². The summed E-state index contributed by atoms with van der Waals surface area (Å²) in [7, 11) is 0. The first-order valence-electron chi connectivity index (χ1n) is 24.6. The molecule has 0 fully saturated rings. The van der Waals surface area contributed by atoms with E-state index in [-0.39, 0.29) is 12.2 Å². The summed E-state index contributed by atoms with van der Waals surface area (Å²) in [5, 5.41) is 7.83. The zero-order chi connectivity index (χ0) is 48.1. The molecular formula is C68H50N4. The maximum atomic E-state index is 5.25. The second kappa shape index (κ2) is 19.9. The first kappa shape index (κ1) is 43.9. The molecule has 0 radical (unpaired) electrons. The summed E-state index contributed by atoms with van der Waals surface area (Å²) >= 11 is 0. The fraction of sp³-hybridized carbons (Fsp3) is 0.0294. The zero-order valence-corrected chi connectivity index (χ0v) is 39.6. The molecule has 2 aliphatic rings. The van der Waals surface area contributed by atoms with E-state index in [9.17, 15) is 0 Å². The molecule has 2 N–H and O–H groups in total. The van der Waals surface area contributed by atoms with Gasteiger partial charge in [0.25, 0.3) is 0 Å². The van der Waals surface area contributed by atoms with E-state index in [0.717, 1.165) is 67.2 Å². The average molecular weight is 923 g/mol. The number of dihydropyridines is 1. The second-order valence-electron chi connectivity index (χ2n) is 18.2. The number of rotatable bonds is 11. The van der Waals surface area contributed by atoms with E-state index in [1.807, 2.05) is 12.1 Å². The van der Waals surface area contributed by atoms with E-state index >= 15 is 0 Å². The Balaban J connectivity index is 0.944. The Morgan fingerprint density at radius 1 is 0.278 bits per heavy atom. The lowest BCUT2D eigenvalue weighted by Crippen LogP contribution is -2.33. The van der Waals surface area contributed by atoms with Gasteiger partial charge < -0.3 is 10.6 Å². The molecule has 0 saturated heterocycles. The molecule has 72 heavy (non-hydrogen) atoms. The molecule has 10 aromatic carbocycles.